The number of aromatic nitrogens is 1. The summed E-state index contributed by atoms with van der Waals surface area (Å²) in [6.07, 6.45) is 1.52. The number of sulfonamides is 1. The molecule has 0 saturated carbocycles. The minimum Gasteiger partial charge on any atom is -0.449 e. The summed E-state index contributed by atoms with van der Waals surface area (Å²) in [7, 11) is -3.74. The van der Waals surface area contributed by atoms with Crippen LogP contribution < -0.4 is 4.72 Å². The Bertz CT molecular complexity index is 1020. The van der Waals surface area contributed by atoms with E-state index in [2.05, 4.69) is 9.71 Å². The molecule has 0 unspecified atom stereocenters. The Balaban J connectivity index is 1.86. The summed E-state index contributed by atoms with van der Waals surface area (Å²) < 4.78 is 32.5. The minimum atomic E-state index is -3.74. The van der Waals surface area contributed by atoms with Crippen molar-refractivity contribution in [3.63, 3.8) is 0 Å². The average Bonchev–Trinajstić information content (AvgIpc) is 3.01. The van der Waals surface area contributed by atoms with Crippen LogP contribution in [0.1, 0.15) is 11.5 Å². The first kappa shape index (κ1) is 15.8. The Morgan fingerprint density at radius 2 is 1.92 bits per heavy atom. The van der Waals surface area contributed by atoms with Crippen molar-refractivity contribution in [1.29, 1.82) is 5.26 Å². The van der Waals surface area contributed by atoms with E-state index in [4.69, 9.17) is 9.68 Å². The van der Waals surface area contributed by atoms with Gasteiger partial charge in [0.1, 0.15) is 12.0 Å². The zero-order valence-electron chi connectivity index (χ0n) is 12.7. The maximum absolute atomic E-state index is 12.4. The van der Waals surface area contributed by atoms with Gasteiger partial charge in [0.2, 0.25) is 0 Å². The molecule has 0 amide bonds. The minimum absolute atomic E-state index is 0.119. The molecule has 3 aromatic rings. The maximum Gasteiger partial charge on any atom is 0.261 e. The van der Waals surface area contributed by atoms with Gasteiger partial charge in [-0.25, -0.2) is 13.4 Å². The second-order valence-corrected chi connectivity index (χ2v) is 6.76. The Morgan fingerprint density at radius 1 is 1.17 bits per heavy atom. The molecule has 1 N–H and O–H groups in total. The molecule has 7 heteroatoms. The molecule has 0 fully saturated rings. The summed E-state index contributed by atoms with van der Waals surface area (Å²) in [6, 6.07) is 14.6. The molecule has 1 heterocycles. The van der Waals surface area contributed by atoms with Crippen LogP contribution in [0.5, 0.6) is 0 Å². The number of nitriles is 1. The van der Waals surface area contributed by atoms with Crippen LogP contribution in [0, 0.1) is 18.3 Å². The van der Waals surface area contributed by atoms with Crippen molar-refractivity contribution < 1.29 is 12.8 Å². The molecule has 2 aromatic carbocycles. The highest BCUT2D eigenvalue weighted by Gasteiger charge is 2.15. The van der Waals surface area contributed by atoms with E-state index >= 15 is 0 Å². The van der Waals surface area contributed by atoms with Gasteiger partial charge < -0.3 is 4.42 Å². The third-order valence-corrected chi connectivity index (χ3v) is 4.72. The first-order valence-electron chi connectivity index (χ1n) is 7.03. The van der Waals surface area contributed by atoms with Gasteiger partial charge in [0, 0.05) is 12.5 Å². The van der Waals surface area contributed by atoms with Crippen LogP contribution in [0.3, 0.4) is 0 Å². The van der Waals surface area contributed by atoms with Crippen molar-refractivity contribution in [2.24, 2.45) is 0 Å². The van der Waals surface area contributed by atoms with Gasteiger partial charge in [-0.05, 0) is 30.3 Å². The summed E-state index contributed by atoms with van der Waals surface area (Å²) in [4.78, 5) is 4.32. The summed E-state index contributed by atoms with van der Waals surface area (Å²) >= 11 is 0. The zero-order chi connectivity index (χ0) is 17.2. The lowest BCUT2D eigenvalue weighted by Crippen LogP contribution is -2.12. The molecule has 0 atom stereocenters. The van der Waals surface area contributed by atoms with Crippen LogP contribution in [-0.4, -0.2) is 13.4 Å². The van der Waals surface area contributed by atoms with Crippen molar-refractivity contribution in [1.82, 2.24) is 4.98 Å². The molecule has 0 saturated heterocycles. The third-order valence-electron chi connectivity index (χ3n) is 3.32. The highest BCUT2D eigenvalue weighted by Crippen LogP contribution is 2.22. The monoisotopic (exact) mass is 339 g/mol. The van der Waals surface area contributed by atoms with Gasteiger partial charge in [-0.15, -0.1) is 0 Å². The number of hydrogen-bond donors (Lipinski definition) is 1. The van der Waals surface area contributed by atoms with Gasteiger partial charge in [0.25, 0.3) is 10.0 Å². The van der Waals surface area contributed by atoms with Crippen molar-refractivity contribution in [2.75, 3.05) is 4.72 Å². The quantitative estimate of drug-likeness (QED) is 0.786. The number of benzene rings is 2. The molecule has 0 spiro atoms. The second kappa shape index (κ2) is 6.18. The Hall–Kier alpha value is -3.11. The number of anilines is 1. The van der Waals surface area contributed by atoms with E-state index in [1.807, 2.05) is 6.07 Å². The first-order valence-corrected chi connectivity index (χ1v) is 8.52. The van der Waals surface area contributed by atoms with Crippen LogP contribution in [-0.2, 0) is 10.0 Å². The number of rotatable bonds is 4. The highest BCUT2D eigenvalue weighted by molar-refractivity contribution is 7.92. The van der Waals surface area contributed by atoms with Crippen molar-refractivity contribution >= 4 is 15.7 Å². The van der Waals surface area contributed by atoms with Gasteiger partial charge >= 0.3 is 0 Å². The van der Waals surface area contributed by atoms with Gasteiger partial charge in [-0.2, -0.15) is 5.26 Å². The van der Waals surface area contributed by atoms with Crippen molar-refractivity contribution in [3.05, 3.63) is 66.2 Å². The van der Waals surface area contributed by atoms with Crippen LogP contribution in [0.15, 0.2) is 64.1 Å². The SMILES string of the molecule is Cc1nc(-c2ccc(S(=O)(=O)Nc3cccc(C#N)c3)cc2)co1. The normalized spacial score (nSPS) is 11.0. The van der Waals surface area contributed by atoms with Crippen molar-refractivity contribution in [2.45, 2.75) is 11.8 Å². The molecule has 0 radical (unpaired) electrons. The van der Waals surface area contributed by atoms with Crippen LogP contribution >= 0.6 is 0 Å². The summed E-state index contributed by atoms with van der Waals surface area (Å²) in [5, 5.41) is 8.88. The zero-order valence-corrected chi connectivity index (χ0v) is 13.5. The fourth-order valence-electron chi connectivity index (χ4n) is 2.17. The molecule has 24 heavy (non-hydrogen) atoms. The predicted molar refractivity (Wildman–Crippen MR) is 88.6 cm³/mol. The lowest BCUT2D eigenvalue weighted by molar-refractivity contribution is 0.521. The van der Waals surface area contributed by atoms with E-state index in [1.54, 1.807) is 37.3 Å². The standard InChI is InChI=1S/C17H13N3O3S/c1-12-19-17(11-23-12)14-5-7-16(8-6-14)24(21,22)20-15-4-2-3-13(9-15)10-18/h2-9,11,20H,1H3. The van der Waals surface area contributed by atoms with Gasteiger partial charge in [0.15, 0.2) is 5.89 Å². The molecular weight excluding hydrogens is 326 g/mol. The lowest BCUT2D eigenvalue weighted by Gasteiger charge is -2.08. The Morgan fingerprint density at radius 3 is 2.54 bits per heavy atom. The first-order chi connectivity index (χ1) is 11.5. The molecule has 0 bridgehead atoms. The summed E-state index contributed by atoms with van der Waals surface area (Å²) in [6.45, 7) is 1.74. The number of aryl methyl sites for hydroxylation is 1. The van der Waals surface area contributed by atoms with Crippen LogP contribution in [0.25, 0.3) is 11.3 Å². The molecule has 1 aromatic heterocycles. The fourth-order valence-corrected chi connectivity index (χ4v) is 3.22. The van der Waals surface area contributed by atoms with E-state index < -0.39 is 10.0 Å². The van der Waals surface area contributed by atoms with E-state index in [9.17, 15) is 8.42 Å². The summed E-state index contributed by atoms with van der Waals surface area (Å²) in [5.74, 6) is 0.542. The topological polar surface area (TPSA) is 96.0 Å². The molecule has 3 rings (SSSR count). The van der Waals surface area contributed by atoms with Crippen molar-refractivity contribution in [3.8, 4) is 17.3 Å². The maximum atomic E-state index is 12.4. The predicted octanol–water partition coefficient (Wildman–Crippen LogP) is 3.32. The van der Waals surface area contributed by atoms with Gasteiger partial charge in [-0.3, -0.25) is 4.72 Å². The molecule has 120 valence electrons. The number of oxazole rings is 1. The molecule has 0 aliphatic heterocycles. The van der Waals surface area contributed by atoms with E-state index in [1.165, 1.54) is 24.5 Å². The number of hydrogen-bond acceptors (Lipinski definition) is 5. The lowest BCUT2D eigenvalue weighted by atomic mass is 10.2. The molecule has 6 nitrogen and oxygen atoms in total. The van der Waals surface area contributed by atoms with Crippen LogP contribution in [0.2, 0.25) is 0 Å². The largest absolute Gasteiger partial charge is 0.449 e. The van der Waals surface area contributed by atoms with Gasteiger partial charge in [-0.1, -0.05) is 18.2 Å². The molecular formula is C17H13N3O3S. The van der Waals surface area contributed by atoms with E-state index in [0.29, 0.717) is 22.8 Å². The molecule has 0 aliphatic rings. The fraction of sp³-hybridized carbons (Fsp3) is 0.0588. The van der Waals surface area contributed by atoms with Crippen LogP contribution in [0.4, 0.5) is 5.69 Å². The van der Waals surface area contributed by atoms with E-state index in [0.717, 1.165) is 5.56 Å². The van der Waals surface area contributed by atoms with Gasteiger partial charge in [0.05, 0.1) is 22.2 Å². The Labute approximate surface area is 139 Å². The number of nitrogens with zero attached hydrogens (tertiary/aromatic N) is 2. The summed E-state index contributed by atoms with van der Waals surface area (Å²) in [5.41, 5.74) is 2.13. The second-order valence-electron chi connectivity index (χ2n) is 5.07. The smallest absolute Gasteiger partial charge is 0.261 e. The average molecular weight is 339 g/mol. The molecule has 0 aliphatic carbocycles. The Kier molecular flexibility index (Phi) is 4.06. The third kappa shape index (κ3) is 3.29. The number of nitrogens with one attached hydrogen (secondary N) is 1. The highest BCUT2D eigenvalue weighted by atomic mass is 32.2. The van der Waals surface area contributed by atoms with E-state index in [-0.39, 0.29) is 4.90 Å².